The molecule has 0 atom stereocenters. The van der Waals surface area contributed by atoms with E-state index in [1.165, 1.54) is 5.56 Å². The lowest BCUT2D eigenvalue weighted by molar-refractivity contribution is 0.0657. The molecule has 0 aromatic heterocycles. The third-order valence-electron chi connectivity index (χ3n) is 4.46. The number of hydrogen-bond acceptors (Lipinski definition) is 4. The molecule has 1 aromatic carbocycles. The number of nitrogens with zero attached hydrogens (tertiary/aromatic N) is 3. The van der Waals surface area contributed by atoms with Gasteiger partial charge in [-0.15, -0.1) is 0 Å². The number of rotatable bonds is 7. The summed E-state index contributed by atoms with van der Waals surface area (Å²) >= 11 is 0. The molecule has 1 amide bonds. The first-order chi connectivity index (χ1) is 13.5. The summed E-state index contributed by atoms with van der Waals surface area (Å²) in [7, 11) is 0. The van der Waals surface area contributed by atoms with Crippen LogP contribution in [-0.4, -0.2) is 67.3 Å². The van der Waals surface area contributed by atoms with Crippen molar-refractivity contribution in [1.29, 1.82) is 0 Å². The number of benzene rings is 1. The Balaban J connectivity index is 1.91. The fourth-order valence-electron chi connectivity index (χ4n) is 2.91. The molecule has 0 unspecified atom stereocenters. The van der Waals surface area contributed by atoms with Crippen molar-refractivity contribution in [3.05, 3.63) is 35.4 Å². The Bertz CT molecular complexity index is 623. The minimum atomic E-state index is -0.231. The van der Waals surface area contributed by atoms with Gasteiger partial charge in [-0.25, -0.2) is 9.79 Å². The van der Waals surface area contributed by atoms with Gasteiger partial charge in [0.25, 0.3) is 0 Å². The molecule has 0 bridgehead atoms. The van der Waals surface area contributed by atoms with Crippen molar-refractivity contribution < 1.29 is 14.3 Å². The molecule has 1 aliphatic rings. The largest absolute Gasteiger partial charge is 0.450 e. The third-order valence-corrected chi connectivity index (χ3v) is 4.46. The number of aliphatic imine (C=N–C) groups is 1. The lowest BCUT2D eigenvalue weighted by Crippen LogP contribution is -2.53. The van der Waals surface area contributed by atoms with Gasteiger partial charge in [0.05, 0.1) is 25.9 Å². The van der Waals surface area contributed by atoms with Crippen LogP contribution in [0.1, 0.15) is 38.8 Å². The molecule has 156 valence electrons. The van der Waals surface area contributed by atoms with Crippen molar-refractivity contribution in [3.8, 4) is 0 Å². The fraction of sp³-hybridized carbons (Fsp3) is 0.619. The maximum Gasteiger partial charge on any atom is 0.409 e. The van der Waals surface area contributed by atoms with Gasteiger partial charge in [0.1, 0.15) is 0 Å². The summed E-state index contributed by atoms with van der Waals surface area (Å²) < 4.78 is 10.7. The number of amides is 1. The Kier molecular flexibility index (Phi) is 9.07. The standard InChI is InChI=1S/C21H34N4O3/c1-5-22-20(24-11-13-25(14-12-24)21(26)27-6-2)23-15-18-7-9-19(10-8-18)16-28-17(3)4/h7-10,17H,5-6,11-16H2,1-4H3,(H,22,23). The second-order valence-corrected chi connectivity index (χ2v) is 7.02. The predicted molar refractivity (Wildman–Crippen MR) is 111 cm³/mol. The van der Waals surface area contributed by atoms with E-state index in [2.05, 4.69) is 41.4 Å². The van der Waals surface area contributed by atoms with E-state index in [0.29, 0.717) is 32.8 Å². The van der Waals surface area contributed by atoms with Gasteiger partial charge in [0, 0.05) is 32.7 Å². The molecule has 2 rings (SSSR count). The molecule has 0 spiro atoms. The van der Waals surface area contributed by atoms with Crippen LogP contribution in [0.15, 0.2) is 29.3 Å². The van der Waals surface area contributed by atoms with Crippen LogP contribution < -0.4 is 5.32 Å². The van der Waals surface area contributed by atoms with Gasteiger partial charge in [-0.05, 0) is 38.8 Å². The zero-order valence-corrected chi connectivity index (χ0v) is 17.6. The molecule has 0 radical (unpaired) electrons. The van der Waals surface area contributed by atoms with Crippen LogP contribution in [0.5, 0.6) is 0 Å². The summed E-state index contributed by atoms with van der Waals surface area (Å²) in [5.41, 5.74) is 2.33. The normalized spacial score (nSPS) is 15.1. The van der Waals surface area contributed by atoms with Gasteiger partial charge >= 0.3 is 6.09 Å². The Labute approximate surface area is 168 Å². The van der Waals surface area contributed by atoms with Crippen molar-refractivity contribution >= 4 is 12.1 Å². The first-order valence-electron chi connectivity index (χ1n) is 10.2. The number of ether oxygens (including phenoxy) is 2. The van der Waals surface area contributed by atoms with Crippen LogP contribution in [0.3, 0.4) is 0 Å². The minimum Gasteiger partial charge on any atom is -0.450 e. The van der Waals surface area contributed by atoms with Crippen LogP contribution in [-0.2, 0) is 22.6 Å². The number of carbonyl (C=O) groups is 1. The second-order valence-electron chi connectivity index (χ2n) is 7.02. The van der Waals surface area contributed by atoms with Crippen molar-refractivity contribution in [3.63, 3.8) is 0 Å². The van der Waals surface area contributed by atoms with Crippen molar-refractivity contribution in [1.82, 2.24) is 15.1 Å². The highest BCUT2D eigenvalue weighted by molar-refractivity contribution is 5.80. The Morgan fingerprint density at radius 1 is 1.07 bits per heavy atom. The summed E-state index contributed by atoms with van der Waals surface area (Å²) in [6, 6.07) is 8.39. The number of nitrogens with one attached hydrogen (secondary N) is 1. The molecule has 7 nitrogen and oxygen atoms in total. The Morgan fingerprint density at radius 3 is 2.25 bits per heavy atom. The van der Waals surface area contributed by atoms with Gasteiger partial charge in [0.2, 0.25) is 0 Å². The zero-order chi connectivity index (χ0) is 20.4. The molecule has 1 aliphatic heterocycles. The highest BCUT2D eigenvalue weighted by atomic mass is 16.6. The van der Waals surface area contributed by atoms with Crippen LogP contribution in [0.4, 0.5) is 4.79 Å². The second kappa shape index (κ2) is 11.5. The van der Waals surface area contributed by atoms with E-state index in [9.17, 15) is 4.79 Å². The molecular weight excluding hydrogens is 356 g/mol. The first-order valence-corrected chi connectivity index (χ1v) is 10.2. The molecule has 1 saturated heterocycles. The summed E-state index contributed by atoms with van der Waals surface area (Å²) in [5.74, 6) is 0.887. The molecule has 28 heavy (non-hydrogen) atoms. The van der Waals surface area contributed by atoms with Crippen molar-refractivity contribution in [2.45, 2.75) is 47.0 Å². The number of guanidine groups is 1. The van der Waals surface area contributed by atoms with E-state index in [0.717, 1.165) is 31.2 Å². The molecule has 1 N–H and O–H groups in total. The molecular formula is C21H34N4O3. The highest BCUT2D eigenvalue weighted by Crippen LogP contribution is 2.09. The molecule has 1 aromatic rings. The van der Waals surface area contributed by atoms with Crippen LogP contribution in [0, 0.1) is 0 Å². The molecule has 1 heterocycles. The van der Waals surface area contributed by atoms with Crippen LogP contribution in [0.25, 0.3) is 0 Å². The minimum absolute atomic E-state index is 0.231. The van der Waals surface area contributed by atoms with Gasteiger partial charge < -0.3 is 24.6 Å². The van der Waals surface area contributed by atoms with E-state index < -0.39 is 0 Å². The van der Waals surface area contributed by atoms with Crippen molar-refractivity contribution in [2.24, 2.45) is 4.99 Å². The topological polar surface area (TPSA) is 66.4 Å². The summed E-state index contributed by atoms with van der Waals surface area (Å²) in [4.78, 5) is 20.6. The molecule has 0 saturated carbocycles. The van der Waals surface area contributed by atoms with Gasteiger partial charge in [-0.3, -0.25) is 0 Å². The van der Waals surface area contributed by atoms with Gasteiger partial charge in [-0.2, -0.15) is 0 Å². The fourth-order valence-corrected chi connectivity index (χ4v) is 2.91. The number of hydrogen-bond donors (Lipinski definition) is 1. The average molecular weight is 391 g/mol. The van der Waals surface area contributed by atoms with Gasteiger partial charge in [-0.1, -0.05) is 24.3 Å². The predicted octanol–water partition coefficient (Wildman–Crippen LogP) is 2.85. The number of carbonyl (C=O) groups excluding carboxylic acids is 1. The van der Waals surface area contributed by atoms with E-state index in [4.69, 9.17) is 14.5 Å². The first kappa shape index (κ1) is 22.0. The quantitative estimate of drug-likeness (QED) is 0.573. The lowest BCUT2D eigenvalue weighted by atomic mass is 10.1. The summed E-state index contributed by atoms with van der Waals surface area (Å²) in [5, 5.41) is 3.36. The zero-order valence-electron chi connectivity index (χ0n) is 17.6. The van der Waals surface area contributed by atoms with E-state index in [1.54, 1.807) is 4.90 Å². The molecule has 0 aliphatic carbocycles. The van der Waals surface area contributed by atoms with Crippen LogP contribution >= 0.6 is 0 Å². The van der Waals surface area contributed by atoms with Gasteiger partial charge in [0.15, 0.2) is 5.96 Å². The lowest BCUT2D eigenvalue weighted by Gasteiger charge is -2.35. The number of piperazine rings is 1. The Hall–Kier alpha value is -2.28. The smallest absolute Gasteiger partial charge is 0.409 e. The SMILES string of the molecule is CCNC(=NCc1ccc(COC(C)C)cc1)N1CCN(C(=O)OCC)CC1. The maximum absolute atomic E-state index is 11.9. The summed E-state index contributed by atoms with van der Waals surface area (Å²) in [6.45, 7) is 13.2. The van der Waals surface area contributed by atoms with Crippen LogP contribution in [0.2, 0.25) is 0 Å². The summed E-state index contributed by atoms with van der Waals surface area (Å²) in [6.07, 6.45) is 0.00174. The van der Waals surface area contributed by atoms with E-state index in [-0.39, 0.29) is 12.2 Å². The molecule has 7 heteroatoms. The van der Waals surface area contributed by atoms with E-state index >= 15 is 0 Å². The molecule has 1 fully saturated rings. The maximum atomic E-state index is 11.9. The van der Waals surface area contributed by atoms with E-state index in [1.807, 2.05) is 20.8 Å². The van der Waals surface area contributed by atoms with Crippen molar-refractivity contribution in [2.75, 3.05) is 39.3 Å². The third kappa shape index (κ3) is 7.03. The average Bonchev–Trinajstić information content (AvgIpc) is 2.70. The monoisotopic (exact) mass is 390 g/mol. The Morgan fingerprint density at radius 2 is 1.68 bits per heavy atom. The highest BCUT2D eigenvalue weighted by Gasteiger charge is 2.23.